The molecule has 0 saturated heterocycles. The van der Waals surface area contributed by atoms with E-state index < -0.39 is 7.82 Å². The summed E-state index contributed by atoms with van der Waals surface area (Å²) < 4.78 is 8.88. The third-order valence-electron chi connectivity index (χ3n) is 4.45. The lowest BCUT2D eigenvalue weighted by Gasteiger charge is -2.05. The van der Waals surface area contributed by atoms with Gasteiger partial charge in [-0.15, -0.1) is 0 Å². The number of phosphoric acid groups is 1. The highest BCUT2D eigenvalue weighted by atomic mass is 31.2. The Bertz CT molecular complexity index is 466. The molecule has 0 aliphatic rings. The topological polar surface area (TPSA) is 161 Å². The van der Waals surface area contributed by atoms with Crippen LogP contribution < -0.4 is 0 Å². The van der Waals surface area contributed by atoms with Crippen molar-refractivity contribution in [1.82, 2.24) is 0 Å². The van der Waals surface area contributed by atoms with Crippen molar-refractivity contribution < 1.29 is 64.3 Å². The van der Waals surface area contributed by atoms with E-state index in [2.05, 4.69) is 54.0 Å². The molecule has 13 nitrogen and oxygen atoms in total. The predicted octanol–water partition coefficient (Wildman–Crippen LogP) is 6.18. The fraction of sp³-hybridized carbons (Fsp3) is 0.905. The minimum atomic E-state index is -4.64. The van der Waals surface area contributed by atoms with E-state index in [-0.39, 0.29) is 0 Å². The Balaban J connectivity index is 0. The van der Waals surface area contributed by atoms with Crippen molar-refractivity contribution in [2.24, 2.45) is 5.92 Å². The molecular weight excluding hydrogens is 491 g/mol. The summed E-state index contributed by atoms with van der Waals surface area (Å²) in [5.74, 6) is 0.854. The maximum absolute atomic E-state index is 8.88. The Morgan fingerprint density at radius 2 is 1.00 bits per heavy atom. The highest BCUT2D eigenvalue weighted by Gasteiger charge is 2.00. The molecule has 0 aliphatic carbocycles. The molecular formula is C21H45O13P. The number of rotatable bonds is 25. The maximum atomic E-state index is 8.88. The molecule has 0 rings (SSSR count). The Hall–Kier alpha value is -0.670. The summed E-state index contributed by atoms with van der Waals surface area (Å²) >= 11 is 0. The Labute approximate surface area is 208 Å². The van der Waals surface area contributed by atoms with Gasteiger partial charge in [0.2, 0.25) is 0 Å². The molecule has 3 N–H and O–H groups in total. The quantitative estimate of drug-likeness (QED) is 0.0399. The predicted molar refractivity (Wildman–Crippen MR) is 123 cm³/mol. The Morgan fingerprint density at radius 1 is 0.629 bits per heavy atom. The SMILES string of the molecule is CC=COOOOOOOOOCCCCCCCCCCCCCCCC(C)C.O=P(O)(O)O. The molecule has 0 aliphatic heterocycles. The van der Waals surface area contributed by atoms with Crippen LogP contribution in [0.5, 0.6) is 0 Å². The molecule has 35 heavy (non-hydrogen) atoms. The molecule has 0 amide bonds. The highest BCUT2D eigenvalue weighted by molar-refractivity contribution is 7.45. The van der Waals surface area contributed by atoms with Crippen LogP contribution in [0.1, 0.15) is 111 Å². The fourth-order valence-electron chi connectivity index (χ4n) is 2.86. The smallest absolute Gasteiger partial charge is 0.314 e. The maximum Gasteiger partial charge on any atom is 0.466 e. The Morgan fingerprint density at radius 3 is 1.43 bits per heavy atom. The highest BCUT2D eigenvalue weighted by Crippen LogP contribution is 2.25. The minimum Gasteiger partial charge on any atom is -0.314 e. The number of unbranched alkanes of at least 4 members (excludes halogenated alkanes) is 12. The van der Waals surface area contributed by atoms with E-state index in [1.165, 1.54) is 83.3 Å². The molecule has 0 aromatic heterocycles. The van der Waals surface area contributed by atoms with Gasteiger partial charge in [-0.3, -0.25) is 0 Å². The monoisotopic (exact) mass is 536 g/mol. The number of hydrogen-bond acceptors (Lipinski definition) is 10. The van der Waals surface area contributed by atoms with Gasteiger partial charge < -0.3 is 19.6 Å². The van der Waals surface area contributed by atoms with Gasteiger partial charge in [0.1, 0.15) is 6.26 Å². The Kier molecular flexibility index (Phi) is 30.8. The van der Waals surface area contributed by atoms with E-state index >= 15 is 0 Å². The fourth-order valence-corrected chi connectivity index (χ4v) is 2.86. The first-order valence-corrected chi connectivity index (χ1v) is 13.7. The van der Waals surface area contributed by atoms with Gasteiger partial charge in [-0.05, 0) is 40.5 Å². The van der Waals surface area contributed by atoms with Crippen molar-refractivity contribution in [1.29, 1.82) is 0 Å². The van der Waals surface area contributed by atoms with Crippen LogP contribution >= 0.6 is 7.82 Å². The summed E-state index contributed by atoms with van der Waals surface area (Å²) in [6.45, 7) is 6.72. The molecule has 0 bridgehead atoms. The summed E-state index contributed by atoms with van der Waals surface area (Å²) in [6, 6.07) is 0. The molecule has 0 radical (unpaired) electrons. The summed E-state index contributed by atoms with van der Waals surface area (Å²) in [5, 5.41) is 27.8. The zero-order valence-corrected chi connectivity index (χ0v) is 22.1. The largest absolute Gasteiger partial charge is 0.466 e. The van der Waals surface area contributed by atoms with Crippen LogP contribution in [0.25, 0.3) is 0 Å². The van der Waals surface area contributed by atoms with Gasteiger partial charge in [-0.25, -0.2) is 9.45 Å². The lowest BCUT2D eigenvalue weighted by Crippen LogP contribution is -2.02. The van der Waals surface area contributed by atoms with Crippen LogP contribution in [0, 0.1) is 5.92 Å². The molecule has 0 heterocycles. The van der Waals surface area contributed by atoms with Crippen LogP contribution in [0.3, 0.4) is 0 Å². The van der Waals surface area contributed by atoms with Crippen molar-refractivity contribution in [2.45, 2.75) is 111 Å². The summed E-state index contributed by atoms with van der Waals surface area (Å²) in [5.41, 5.74) is 0. The van der Waals surface area contributed by atoms with Gasteiger partial charge in [0, 0.05) is 20.2 Å². The molecule has 0 unspecified atom stereocenters. The van der Waals surface area contributed by atoms with Gasteiger partial charge >= 0.3 is 7.82 Å². The minimum absolute atomic E-state index is 0.387. The summed E-state index contributed by atoms with van der Waals surface area (Å²) in [7, 11) is -4.64. The first-order chi connectivity index (χ1) is 16.8. The molecule has 0 spiro atoms. The third kappa shape index (κ3) is 47.2. The van der Waals surface area contributed by atoms with Crippen LogP contribution in [-0.2, 0) is 49.6 Å². The molecule has 14 heteroatoms. The molecule has 0 atom stereocenters. The number of allylic oxidation sites excluding steroid dienone is 1. The average Bonchev–Trinajstić information content (AvgIpc) is 2.78. The third-order valence-corrected chi connectivity index (χ3v) is 4.45. The van der Waals surface area contributed by atoms with E-state index in [4.69, 9.17) is 24.1 Å². The van der Waals surface area contributed by atoms with Crippen LogP contribution in [0.15, 0.2) is 12.3 Å². The van der Waals surface area contributed by atoms with Crippen molar-refractivity contribution >= 4 is 7.82 Å². The first-order valence-electron chi connectivity index (χ1n) is 12.1. The van der Waals surface area contributed by atoms with Crippen molar-refractivity contribution in [3.05, 3.63) is 12.3 Å². The van der Waals surface area contributed by atoms with Gasteiger partial charge in [-0.1, -0.05) is 97.3 Å². The lowest BCUT2D eigenvalue weighted by molar-refractivity contribution is -0.829. The van der Waals surface area contributed by atoms with Crippen molar-refractivity contribution in [3.63, 3.8) is 0 Å². The van der Waals surface area contributed by atoms with E-state index in [0.29, 0.717) is 6.61 Å². The van der Waals surface area contributed by atoms with E-state index in [1.54, 1.807) is 13.0 Å². The normalized spacial score (nSPS) is 11.7. The van der Waals surface area contributed by atoms with Crippen molar-refractivity contribution in [2.75, 3.05) is 6.61 Å². The second kappa shape index (κ2) is 29.6. The second-order valence-electron chi connectivity index (χ2n) is 8.16. The number of hydrogen-bond donors (Lipinski definition) is 3. The van der Waals surface area contributed by atoms with E-state index in [0.717, 1.165) is 18.8 Å². The van der Waals surface area contributed by atoms with E-state index in [9.17, 15) is 0 Å². The van der Waals surface area contributed by atoms with Crippen LogP contribution in [0.2, 0.25) is 0 Å². The summed E-state index contributed by atoms with van der Waals surface area (Å²) in [6.07, 6.45) is 21.0. The summed E-state index contributed by atoms with van der Waals surface area (Å²) in [4.78, 5) is 30.6. The zero-order chi connectivity index (χ0) is 26.5. The van der Waals surface area contributed by atoms with Gasteiger partial charge in [0.15, 0.2) is 0 Å². The van der Waals surface area contributed by atoms with Crippen LogP contribution in [0.4, 0.5) is 0 Å². The second-order valence-corrected chi connectivity index (χ2v) is 9.18. The van der Waals surface area contributed by atoms with E-state index in [1.807, 2.05) is 0 Å². The van der Waals surface area contributed by atoms with Gasteiger partial charge in [0.25, 0.3) is 0 Å². The molecule has 212 valence electrons. The van der Waals surface area contributed by atoms with Crippen LogP contribution in [-0.4, -0.2) is 21.3 Å². The average molecular weight is 537 g/mol. The van der Waals surface area contributed by atoms with Gasteiger partial charge in [0.05, 0.1) is 6.61 Å². The van der Waals surface area contributed by atoms with Crippen molar-refractivity contribution in [3.8, 4) is 0 Å². The molecule has 0 aromatic carbocycles. The first kappa shape index (κ1) is 36.5. The lowest BCUT2D eigenvalue weighted by atomic mass is 10.0. The zero-order valence-electron chi connectivity index (χ0n) is 21.2. The molecule has 0 fully saturated rings. The molecule has 0 aromatic rings. The molecule has 0 saturated carbocycles. The van der Waals surface area contributed by atoms with Gasteiger partial charge in [-0.2, -0.15) is 0 Å². The standard InChI is InChI=1S/C21H42O9.H3O4P/c1-4-19-22-24-26-28-30-29-27-25-23-20-17-15-13-11-9-7-5-6-8-10-12-14-16-18-21(2)3;1-5(2,3)4/h4,19,21H,5-18,20H2,1-3H3;(H3,1,2,3,4).